The molecule has 8 heteroatoms. The van der Waals surface area contributed by atoms with Crippen LogP contribution in [0.5, 0.6) is 0 Å². The molecule has 6 nitrogen and oxygen atoms in total. The molecule has 2 aromatic rings. The zero-order chi connectivity index (χ0) is 21.4. The summed E-state index contributed by atoms with van der Waals surface area (Å²) in [4.78, 5) is 40.2. The smallest absolute Gasteiger partial charge is 0.339 e. The first-order valence-corrected chi connectivity index (χ1v) is 9.97. The van der Waals surface area contributed by atoms with E-state index in [9.17, 15) is 18.8 Å². The molecule has 0 aliphatic heterocycles. The lowest BCUT2D eigenvalue weighted by Gasteiger charge is -2.21. The summed E-state index contributed by atoms with van der Waals surface area (Å²) in [7, 11) is 3.32. The lowest BCUT2D eigenvalue weighted by molar-refractivity contribution is -0.126. The highest BCUT2D eigenvalue weighted by atomic mass is 32.2. The number of nitrogens with zero attached hydrogens (tertiary/aromatic N) is 2. The van der Waals surface area contributed by atoms with Crippen LogP contribution in [0.3, 0.4) is 0 Å². The maximum absolute atomic E-state index is 13.1. The number of esters is 1. The van der Waals surface area contributed by atoms with Crippen molar-refractivity contribution < 1.29 is 23.5 Å². The van der Waals surface area contributed by atoms with E-state index in [1.807, 2.05) is 0 Å². The monoisotopic (exact) mass is 418 g/mol. The standard InChI is InChI=1S/C21H23FN2O4S/c1-4-24(16-11-9-15(22)10-12-16)19(25)13-28-21(27)17-7-5-6-8-18(17)29-14-20(26)23(2)3/h5-12H,4,13-14H2,1-3H3. The number of carbonyl (C=O) groups is 3. The number of likely N-dealkylation sites (N-methyl/N-ethyl adjacent to an activating group) is 1. The van der Waals surface area contributed by atoms with Gasteiger partial charge in [0.2, 0.25) is 5.91 Å². The van der Waals surface area contributed by atoms with Crippen molar-refractivity contribution in [3.05, 3.63) is 59.9 Å². The second kappa shape index (κ2) is 10.6. The van der Waals surface area contributed by atoms with E-state index >= 15 is 0 Å². The number of rotatable bonds is 8. The normalized spacial score (nSPS) is 10.3. The van der Waals surface area contributed by atoms with E-state index in [1.165, 1.54) is 45.8 Å². The largest absolute Gasteiger partial charge is 0.452 e. The fraction of sp³-hybridized carbons (Fsp3) is 0.286. The van der Waals surface area contributed by atoms with E-state index in [1.54, 1.807) is 45.3 Å². The summed E-state index contributed by atoms with van der Waals surface area (Å²) < 4.78 is 18.3. The molecule has 2 amide bonds. The summed E-state index contributed by atoms with van der Waals surface area (Å²) in [5.41, 5.74) is 0.815. The molecule has 0 radical (unpaired) electrons. The van der Waals surface area contributed by atoms with Crippen molar-refractivity contribution in [2.24, 2.45) is 0 Å². The van der Waals surface area contributed by atoms with Crippen LogP contribution in [0, 0.1) is 5.82 Å². The Hall–Kier alpha value is -2.87. The molecule has 0 unspecified atom stereocenters. The third kappa shape index (κ3) is 6.32. The van der Waals surface area contributed by atoms with Crippen molar-refractivity contribution in [3.63, 3.8) is 0 Å². The fourth-order valence-electron chi connectivity index (χ4n) is 2.44. The first kappa shape index (κ1) is 22.4. The number of ether oxygens (including phenoxy) is 1. The zero-order valence-electron chi connectivity index (χ0n) is 16.6. The topological polar surface area (TPSA) is 66.9 Å². The average molecular weight is 418 g/mol. The first-order valence-electron chi connectivity index (χ1n) is 8.98. The minimum Gasteiger partial charge on any atom is -0.452 e. The van der Waals surface area contributed by atoms with E-state index in [-0.39, 0.29) is 11.7 Å². The first-order chi connectivity index (χ1) is 13.8. The number of halogens is 1. The van der Waals surface area contributed by atoms with Crippen molar-refractivity contribution in [2.75, 3.05) is 37.9 Å². The van der Waals surface area contributed by atoms with Crippen molar-refractivity contribution in [1.29, 1.82) is 0 Å². The number of hydrogen-bond donors (Lipinski definition) is 0. The molecule has 2 aromatic carbocycles. The minimum atomic E-state index is -0.645. The third-order valence-electron chi connectivity index (χ3n) is 4.04. The Morgan fingerprint density at radius 1 is 1.00 bits per heavy atom. The van der Waals surface area contributed by atoms with E-state index in [2.05, 4.69) is 0 Å². The highest BCUT2D eigenvalue weighted by Crippen LogP contribution is 2.24. The van der Waals surface area contributed by atoms with Crippen LogP contribution in [0.15, 0.2) is 53.4 Å². The quantitative estimate of drug-likeness (QED) is 0.486. The van der Waals surface area contributed by atoms with Crippen LogP contribution in [0.25, 0.3) is 0 Å². The van der Waals surface area contributed by atoms with Crippen LogP contribution in [0.1, 0.15) is 17.3 Å². The summed E-state index contributed by atoms with van der Waals surface area (Å²) in [6.45, 7) is 1.68. The lowest BCUT2D eigenvalue weighted by Crippen LogP contribution is -2.34. The molecule has 0 fully saturated rings. The molecule has 0 saturated heterocycles. The van der Waals surface area contributed by atoms with Crippen LogP contribution in [0.4, 0.5) is 10.1 Å². The van der Waals surface area contributed by atoms with Gasteiger partial charge < -0.3 is 14.5 Å². The SMILES string of the molecule is CCN(C(=O)COC(=O)c1ccccc1SCC(=O)N(C)C)c1ccc(F)cc1. The van der Waals surface area contributed by atoms with Crippen molar-refractivity contribution in [1.82, 2.24) is 4.90 Å². The molecule has 0 saturated carbocycles. The van der Waals surface area contributed by atoms with Gasteiger partial charge in [0, 0.05) is 31.2 Å². The van der Waals surface area contributed by atoms with Gasteiger partial charge in [0.15, 0.2) is 6.61 Å². The highest BCUT2D eigenvalue weighted by molar-refractivity contribution is 8.00. The molecule has 0 aliphatic rings. The molecule has 0 N–H and O–H groups in total. The van der Waals surface area contributed by atoms with E-state index in [4.69, 9.17) is 4.74 Å². The second-order valence-corrected chi connectivity index (χ2v) is 7.28. The summed E-state index contributed by atoms with van der Waals surface area (Å²) in [5.74, 6) is -1.35. The molecule has 0 bridgehead atoms. The summed E-state index contributed by atoms with van der Waals surface area (Å²) in [5, 5.41) is 0. The second-order valence-electron chi connectivity index (χ2n) is 6.26. The third-order valence-corrected chi connectivity index (χ3v) is 5.10. The van der Waals surface area contributed by atoms with Crippen LogP contribution < -0.4 is 4.90 Å². The molecule has 2 rings (SSSR count). The van der Waals surface area contributed by atoms with Crippen LogP contribution in [0.2, 0.25) is 0 Å². The average Bonchev–Trinajstić information content (AvgIpc) is 2.72. The van der Waals surface area contributed by atoms with Gasteiger partial charge in [0.25, 0.3) is 5.91 Å². The van der Waals surface area contributed by atoms with Crippen molar-refractivity contribution in [2.45, 2.75) is 11.8 Å². The lowest BCUT2D eigenvalue weighted by atomic mass is 10.2. The van der Waals surface area contributed by atoms with Gasteiger partial charge in [-0.05, 0) is 43.3 Å². The Bertz CT molecular complexity index is 871. The summed E-state index contributed by atoms with van der Waals surface area (Å²) in [6, 6.07) is 12.3. The van der Waals surface area contributed by atoms with Gasteiger partial charge in [-0.3, -0.25) is 9.59 Å². The van der Waals surface area contributed by atoms with Crippen molar-refractivity contribution in [3.8, 4) is 0 Å². The number of thioether (sulfide) groups is 1. The maximum Gasteiger partial charge on any atom is 0.339 e. The minimum absolute atomic E-state index is 0.0776. The van der Waals surface area contributed by atoms with E-state index < -0.39 is 24.3 Å². The predicted octanol–water partition coefficient (Wildman–Crippen LogP) is 3.22. The molecule has 0 aromatic heterocycles. The van der Waals surface area contributed by atoms with E-state index in [0.717, 1.165) is 0 Å². The zero-order valence-corrected chi connectivity index (χ0v) is 17.4. The Balaban J connectivity index is 2.02. The van der Waals surface area contributed by atoms with Crippen LogP contribution in [-0.4, -0.2) is 55.7 Å². The van der Waals surface area contributed by atoms with Crippen LogP contribution >= 0.6 is 11.8 Å². The van der Waals surface area contributed by atoms with Gasteiger partial charge in [0.1, 0.15) is 5.82 Å². The van der Waals surface area contributed by atoms with Gasteiger partial charge in [0.05, 0.1) is 11.3 Å². The Kier molecular flexibility index (Phi) is 8.21. The van der Waals surface area contributed by atoms with Gasteiger partial charge in [-0.1, -0.05) is 12.1 Å². The summed E-state index contributed by atoms with van der Waals surface area (Å²) in [6.07, 6.45) is 0. The molecule has 0 heterocycles. The molecule has 0 spiro atoms. The summed E-state index contributed by atoms with van der Waals surface area (Å²) >= 11 is 1.23. The predicted molar refractivity (Wildman–Crippen MR) is 111 cm³/mol. The molecule has 0 aliphatic carbocycles. The molecular weight excluding hydrogens is 395 g/mol. The van der Waals surface area contributed by atoms with Gasteiger partial charge in [-0.25, -0.2) is 9.18 Å². The van der Waals surface area contributed by atoms with Gasteiger partial charge in [-0.2, -0.15) is 0 Å². The van der Waals surface area contributed by atoms with Crippen LogP contribution in [-0.2, 0) is 14.3 Å². The number of anilines is 1. The Labute approximate surface area is 173 Å². The van der Waals surface area contributed by atoms with E-state index in [0.29, 0.717) is 22.7 Å². The maximum atomic E-state index is 13.1. The number of amides is 2. The highest BCUT2D eigenvalue weighted by Gasteiger charge is 2.19. The molecule has 154 valence electrons. The molecular formula is C21H23FN2O4S. The number of carbonyl (C=O) groups excluding carboxylic acids is 3. The number of benzene rings is 2. The Morgan fingerprint density at radius 3 is 2.28 bits per heavy atom. The molecule has 0 atom stereocenters. The Morgan fingerprint density at radius 2 is 1.66 bits per heavy atom. The van der Waals surface area contributed by atoms with Crippen molar-refractivity contribution >= 4 is 35.2 Å². The number of hydrogen-bond acceptors (Lipinski definition) is 5. The fourth-order valence-corrected chi connectivity index (χ4v) is 3.46. The van der Waals surface area contributed by atoms with Gasteiger partial charge >= 0.3 is 5.97 Å². The molecule has 29 heavy (non-hydrogen) atoms. The van der Waals surface area contributed by atoms with Gasteiger partial charge in [-0.15, -0.1) is 11.8 Å².